The molecule has 2 aliphatic carbocycles. The largest absolute Gasteiger partial charge is 0.333 e. The van der Waals surface area contributed by atoms with Gasteiger partial charge in [0, 0.05) is 30.5 Å². The second-order valence-corrected chi connectivity index (χ2v) is 5.41. The second kappa shape index (κ2) is 4.21. The predicted molar refractivity (Wildman–Crippen MR) is 64.2 cm³/mol. The molecule has 0 aliphatic heterocycles. The Morgan fingerprint density at radius 2 is 2.19 bits per heavy atom. The Kier molecular flexibility index (Phi) is 2.72. The predicted octanol–water partition coefficient (Wildman–Crippen LogP) is 2.36. The van der Waals surface area contributed by atoms with Gasteiger partial charge in [-0.3, -0.25) is 0 Å². The van der Waals surface area contributed by atoms with Gasteiger partial charge in [-0.1, -0.05) is 0 Å². The topological polar surface area (TPSA) is 29.9 Å². The summed E-state index contributed by atoms with van der Waals surface area (Å²) in [5.74, 6) is 0.948. The Morgan fingerprint density at radius 3 is 2.88 bits per heavy atom. The summed E-state index contributed by atoms with van der Waals surface area (Å²) in [5.41, 5.74) is 0. The van der Waals surface area contributed by atoms with Crippen molar-refractivity contribution < 1.29 is 0 Å². The molecule has 88 valence electrons. The van der Waals surface area contributed by atoms with E-state index in [0.717, 1.165) is 5.92 Å². The van der Waals surface area contributed by atoms with E-state index in [1.807, 2.05) is 12.5 Å². The molecule has 0 spiro atoms. The Hall–Kier alpha value is -0.830. The first-order valence-electron chi connectivity index (χ1n) is 6.58. The van der Waals surface area contributed by atoms with Gasteiger partial charge in [-0.2, -0.15) is 0 Å². The van der Waals surface area contributed by atoms with E-state index in [4.69, 9.17) is 0 Å². The highest BCUT2D eigenvalue weighted by Crippen LogP contribution is 2.35. The lowest BCUT2D eigenvalue weighted by Crippen LogP contribution is -2.40. The third-order valence-corrected chi connectivity index (χ3v) is 4.19. The molecule has 2 fully saturated rings. The van der Waals surface area contributed by atoms with Crippen LogP contribution in [0, 0.1) is 5.92 Å². The summed E-state index contributed by atoms with van der Waals surface area (Å²) in [5, 5.41) is 3.83. The van der Waals surface area contributed by atoms with Crippen molar-refractivity contribution in [2.24, 2.45) is 5.92 Å². The summed E-state index contributed by atoms with van der Waals surface area (Å²) in [4.78, 5) is 4.16. The molecule has 2 aliphatic rings. The van der Waals surface area contributed by atoms with Gasteiger partial charge in [0.05, 0.1) is 6.33 Å². The van der Waals surface area contributed by atoms with Crippen molar-refractivity contribution in [2.75, 3.05) is 0 Å². The van der Waals surface area contributed by atoms with E-state index >= 15 is 0 Å². The minimum atomic E-state index is 0.628. The average molecular weight is 219 g/mol. The third kappa shape index (κ3) is 2.01. The molecule has 1 aromatic rings. The molecular formula is C13H21N3. The highest BCUT2D eigenvalue weighted by molar-refractivity contribution is 4.94. The maximum absolute atomic E-state index is 4.16. The second-order valence-electron chi connectivity index (χ2n) is 5.41. The average Bonchev–Trinajstić information content (AvgIpc) is 2.81. The van der Waals surface area contributed by atoms with Crippen LogP contribution in [0.25, 0.3) is 0 Å². The monoisotopic (exact) mass is 219 g/mol. The molecule has 3 heteroatoms. The van der Waals surface area contributed by atoms with Gasteiger partial charge in [0.25, 0.3) is 0 Å². The van der Waals surface area contributed by atoms with E-state index in [2.05, 4.69) is 28.0 Å². The highest BCUT2D eigenvalue weighted by Gasteiger charge is 2.34. The molecule has 2 saturated carbocycles. The summed E-state index contributed by atoms with van der Waals surface area (Å²) in [6.07, 6.45) is 12.8. The maximum Gasteiger partial charge on any atom is 0.0949 e. The Morgan fingerprint density at radius 1 is 1.31 bits per heavy atom. The summed E-state index contributed by atoms with van der Waals surface area (Å²) in [6.45, 7) is 2.35. The number of aromatic nitrogens is 2. The SMILES string of the molecule is CC(NC1CCCC1n1ccnc1)C1CC1. The highest BCUT2D eigenvalue weighted by atomic mass is 15.1. The summed E-state index contributed by atoms with van der Waals surface area (Å²) in [7, 11) is 0. The van der Waals surface area contributed by atoms with Crippen molar-refractivity contribution in [3.05, 3.63) is 18.7 Å². The quantitative estimate of drug-likeness (QED) is 0.842. The smallest absolute Gasteiger partial charge is 0.0949 e. The van der Waals surface area contributed by atoms with Crippen LogP contribution in [-0.2, 0) is 0 Å². The van der Waals surface area contributed by atoms with Crippen LogP contribution in [0.2, 0.25) is 0 Å². The van der Waals surface area contributed by atoms with E-state index in [0.29, 0.717) is 18.1 Å². The van der Waals surface area contributed by atoms with Gasteiger partial charge in [0.2, 0.25) is 0 Å². The number of nitrogens with one attached hydrogen (secondary N) is 1. The molecule has 0 aromatic carbocycles. The zero-order chi connectivity index (χ0) is 11.0. The van der Waals surface area contributed by atoms with Crippen LogP contribution >= 0.6 is 0 Å². The normalized spacial score (nSPS) is 31.8. The Balaban J connectivity index is 1.64. The van der Waals surface area contributed by atoms with Crippen LogP contribution in [0.4, 0.5) is 0 Å². The van der Waals surface area contributed by atoms with Crippen molar-refractivity contribution >= 4 is 0 Å². The van der Waals surface area contributed by atoms with E-state index in [1.54, 1.807) is 0 Å². The van der Waals surface area contributed by atoms with Crippen LogP contribution in [0.5, 0.6) is 0 Å². The Bertz CT molecular complexity index is 329. The standard InChI is InChI=1S/C13H21N3/c1-10(11-5-6-11)15-12-3-2-4-13(12)16-8-7-14-9-16/h7-13,15H,2-6H2,1H3. The third-order valence-electron chi connectivity index (χ3n) is 4.19. The van der Waals surface area contributed by atoms with Gasteiger partial charge in [0.1, 0.15) is 0 Å². The van der Waals surface area contributed by atoms with Crippen LogP contribution in [-0.4, -0.2) is 21.6 Å². The zero-order valence-corrected chi connectivity index (χ0v) is 9.97. The first-order chi connectivity index (χ1) is 7.84. The minimum absolute atomic E-state index is 0.628. The number of hydrogen-bond donors (Lipinski definition) is 1. The molecule has 1 aromatic heterocycles. The van der Waals surface area contributed by atoms with Crippen LogP contribution in [0.3, 0.4) is 0 Å². The molecule has 16 heavy (non-hydrogen) atoms. The molecule has 0 radical (unpaired) electrons. The Labute approximate surface area is 97.3 Å². The molecule has 0 bridgehead atoms. The van der Waals surface area contributed by atoms with E-state index in [9.17, 15) is 0 Å². The fraction of sp³-hybridized carbons (Fsp3) is 0.769. The number of imidazole rings is 1. The molecule has 3 atom stereocenters. The van der Waals surface area contributed by atoms with E-state index in [-0.39, 0.29) is 0 Å². The molecule has 3 nitrogen and oxygen atoms in total. The minimum Gasteiger partial charge on any atom is -0.333 e. The van der Waals surface area contributed by atoms with Gasteiger partial charge < -0.3 is 9.88 Å². The van der Waals surface area contributed by atoms with Crippen LogP contribution in [0.15, 0.2) is 18.7 Å². The summed E-state index contributed by atoms with van der Waals surface area (Å²) >= 11 is 0. The van der Waals surface area contributed by atoms with E-state index < -0.39 is 0 Å². The maximum atomic E-state index is 4.16. The summed E-state index contributed by atoms with van der Waals surface area (Å²) < 4.78 is 2.28. The van der Waals surface area contributed by atoms with Gasteiger partial charge in [-0.15, -0.1) is 0 Å². The number of hydrogen-bond acceptors (Lipinski definition) is 2. The first kappa shape index (κ1) is 10.3. The molecule has 1 heterocycles. The lowest BCUT2D eigenvalue weighted by Gasteiger charge is -2.25. The molecule has 3 rings (SSSR count). The first-order valence-corrected chi connectivity index (χ1v) is 6.58. The van der Waals surface area contributed by atoms with Gasteiger partial charge in [-0.05, 0) is 44.9 Å². The lowest BCUT2D eigenvalue weighted by atomic mass is 10.1. The van der Waals surface area contributed by atoms with Crippen LogP contribution in [0.1, 0.15) is 45.1 Å². The summed E-state index contributed by atoms with van der Waals surface area (Å²) in [6, 6.07) is 1.99. The fourth-order valence-electron chi connectivity index (χ4n) is 3.03. The molecule has 3 unspecified atom stereocenters. The van der Waals surface area contributed by atoms with Crippen molar-refractivity contribution in [3.63, 3.8) is 0 Å². The van der Waals surface area contributed by atoms with Gasteiger partial charge >= 0.3 is 0 Å². The van der Waals surface area contributed by atoms with Gasteiger partial charge in [-0.25, -0.2) is 4.98 Å². The molecular weight excluding hydrogens is 198 g/mol. The molecule has 1 N–H and O–H groups in total. The molecule has 0 amide bonds. The molecule has 0 saturated heterocycles. The number of rotatable bonds is 4. The zero-order valence-electron chi connectivity index (χ0n) is 9.97. The fourth-order valence-corrected chi connectivity index (χ4v) is 3.03. The van der Waals surface area contributed by atoms with Crippen molar-refractivity contribution in [3.8, 4) is 0 Å². The van der Waals surface area contributed by atoms with Crippen molar-refractivity contribution in [1.29, 1.82) is 0 Å². The van der Waals surface area contributed by atoms with Gasteiger partial charge in [0.15, 0.2) is 0 Å². The van der Waals surface area contributed by atoms with Crippen molar-refractivity contribution in [2.45, 2.75) is 57.2 Å². The van der Waals surface area contributed by atoms with Crippen LogP contribution < -0.4 is 5.32 Å². The number of nitrogens with zero attached hydrogens (tertiary/aromatic N) is 2. The van der Waals surface area contributed by atoms with Crippen molar-refractivity contribution in [1.82, 2.24) is 14.9 Å². The lowest BCUT2D eigenvalue weighted by molar-refractivity contribution is 0.343. The van der Waals surface area contributed by atoms with E-state index in [1.165, 1.54) is 32.1 Å².